The van der Waals surface area contributed by atoms with Gasteiger partial charge in [-0.2, -0.15) is 5.10 Å². The van der Waals surface area contributed by atoms with Gasteiger partial charge in [0, 0.05) is 23.3 Å². The molecule has 0 unspecified atom stereocenters. The van der Waals surface area contributed by atoms with Gasteiger partial charge in [-0.15, -0.1) is 0 Å². The maximum absolute atomic E-state index is 4.72. The van der Waals surface area contributed by atoms with Gasteiger partial charge in [-0.25, -0.2) is 0 Å². The van der Waals surface area contributed by atoms with E-state index in [2.05, 4.69) is 69.4 Å². The first-order valence-electron chi connectivity index (χ1n) is 7.75. The predicted molar refractivity (Wildman–Crippen MR) is 89.1 cm³/mol. The highest BCUT2D eigenvalue weighted by molar-refractivity contribution is 9.10. The molecule has 0 saturated heterocycles. The first kappa shape index (κ1) is 14.8. The summed E-state index contributed by atoms with van der Waals surface area (Å²) in [4.78, 5) is 0. The van der Waals surface area contributed by atoms with E-state index in [-0.39, 0.29) is 0 Å². The first-order valence-corrected chi connectivity index (χ1v) is 8.54. The minimum Gasteiger partial charge on any atom is -0.304 e. The fourth-order valence-electron chi connectivity index (χ4n) is 3.00. The molecule has 2 aromatic rings. The zero-order valence-corrected chi connectivity index (χ0v) is 14.0. The summed E-state index contributed by atoms with van der Waals surface area (Å²) in [5, 5.41) is 8.27. The van der Waals surface area contributed by atoms with E-state index >= 15 is 0 Å². The number of nitrogens with one attached hydrogen (secondary N) is 1. The molecule has 3 nitrogen and oxygen atoms in total. The SMILES string of the molecule is C[C@@H](NCc1ccn(C2CCCC2)n1)c1cccc(Br)c1. The van der Waals surface area contributed by atoms with E-state index in [9.17, 15) is 0 Å². The molecule has 1 atom stereocenters. The molecule has 1 N–H and O–H groups in total. The van der Waals surface area contributed by atoms with Gasteiger partial charge in [-0.3, -0.25) is 4.68 Å². The number of nitrogens with zero attached hydrogens (tertiary/aromatic N) is 2. The Hall–Kier alpha value is -1.13. The topological polar surface area (TPSA) is 29.9 Å². The maximum Gasteiger partial charge on any atom is 0.0762 e. The summed E-state index contributed by atoms with van der Waals surface area (Å²) in [6.45, 7) is 3.00. The number of halogens is 1. The van der Waals surface area contributed by atoms with Crippen molar-refractivity contribution in [1.29, 1.82) is 0 Å². The highest BCUT2D eigenvalue weighted by atomic mass is 79.9. The average molecular weight is 348 g/mol. The Morgan fingerprint density at radius 2 is 2.14 bits per heavy atom. The lowest BCUT2D eigenvalue weighted by atomic mass is 10.1. The molecule has 1 fully saturated rings. The van der Waals surface area contributed by atoms with E-state index in [1.165, 1.54) is 31.2 Å². The van der Waals surface area contributed by atoms with Crippen LogP contribution in [0.25, 0.3) is 0 Å². The summed E-state index contributed by atoms with van der Waals surface area (Å²) in [6.07, 6.45) is 7.39. The van der Waals surface area contributed by atoms with Gasteiger partial charge in [0.05, 0.1) is 11.7 Å². The molecule has 4 heteroatoms. The number of rotatable bonds is 5. The molecule has 0 aliphatic heterocycles. The largest absolute Gasteiger partial charge is 0.304 e. The molecule has 0 amide bonds. The maximum atomic E-state index is 4.72. The molecule has 1 saturated carbocycles. The molecule has 3 rings (SSSR count). The summed E-state index contributed by atoms with van der Waals surface area (Å²) in [5.41, 5.74) is 2.42. The number of benzene rings is 1. The Kier molecular flexibility index (Phi) is 4.76. The molecule has 1 aromatic heterocycles. The van der Waals surface area contributed by atoms with Crippen molar-refractivity contribution in [2.24, 2.45) is 0 Å². The van der Waals surface area contributed by atoms with Gasteiger partial charge in [0.15, 0.2) is 0 Å². The summed E-state index contributed by atoms with van der Waals surface area (Å²) in [7, 11) is 0. The van der Waals surface area contributed by atoms with E-state index in [4.69, 9.17) is 5.10 Å². The summed E-state index contributed by atoms with van der Waals surface area (Å²) in [5.74, 6) is 0. The molecule has 1 aromatic carbocycles. The van der Waals surface area contributed by atoms with Crippen molar-refractivity contribution in [1.82, 2.24) is 15.1 Å². The molecule has 0 radical (unpaired) electrons. The molecule has 0 spiro atoms. The van der Waals surface area contributed by atoms with E-state index in [0.717, 1.165) is 16.7 Å². The normalized spacial score (nSPS) is 17.2. The molecule has 1 heterocycles. The van der Waals surface area contributed by atoms with Crippen molar-refractivity contribution >= 4 is 15.9 Å². The summed E-state index contributed by atoms with van der Waals surface area (Å²) >= 11 is 3.52. The van der Waals surface area contributed by atoms with Crippen LogP contribution in [-0.4, -0.2) is 9.78 Å². The van der Waals surface area contributed by atoms with Gasteiger partial charge in [-0.1, -0.05) is 40.9 Å². The Morgan fingerprint density at radius 3 is 2.90 bits per heavy atom. The van der Waals surface area contributed by atoms with Crippen LogP contribution in [-0.2, 0) is 6.54 Å². The van der Waals surface area contributed by atoms with Gasteiger partial charge in [0.2, 0.25) is 0 Å². The Bertz CT molecular complexity index is 587. The molecule has 21 heavy (non-hydrogen) atoms. The van der Waals surface area contributed by atoms with Crippen molar-refractivity contribution in [2.75, 3.05) is 0 Å². The number of aromatic nitrogens is 2. The molecule has 1 aliphatic rings. The van der Waals surface area contributed by atoms with Crippen LogP contribution >= 0.6 is 15.9 Å². The second-order valence-electron chi connectivity index (χ2n) is 5.88. The zero-order valence-electron chi connectivity index (χ0n) is 12.4. The fraction of sp³-hybridized carbons (Fsp3) is 0.471. The van der Waals surface area contributed by atoms with Crippen LogP contribution in [0.3, 0.4) is 0 Å². The smallest absolute Gasteiger partial charge is 0.0762 e. The third-order valence-corrected chi connectivity index (χ3v) is 4.79. The van der Waals surface area contributed by atoms with Crippen LogP contribution in [0.4, 0.5) is 0 Å². The van der Waals surface area contributed by atoms with Crippen LogP contribution < -0.4 is 5.32 Å². The van der Waals surface area contributed by atoms with Crippen LogP contribution in [0.2, 0.25) is 0 Å². The highest BCUT2D eigenvalue weighted by Gasteiger charge is 2.17. The standard InChI is InChI=1S/C17H22BrN3/c1-13(14-5-4-6-15(18)11-14)19-12-16-9-10-21(20-16)17-7-2-3-8-17/h4-6,9-11,13,17,19H,2-3,7-8,12H2,1H3/t13-/m1/s1. The molecule has 1 aliphatic carbocycles. The van der Waals surface area contributed by atoms with Gasteiger partial charge in [0.25, 0.3) is 0 Å². The van der Waals surface area contributed by atoms with Crippen molar-refractivity contribution in [3.8, 4) is 0 Å². The second-order valence-corrected chi connectivity index (χ2v) is 6.80. The van der Waals surface area contributed by atoms with E-state index in [1.54, 1.807) is 0 Å². The van der Waals surface area contributed by atoms with Gasteiger partial charge in [0.1, 0.15) is 0 Å². The summed E-state index contributed by atoms with van der Waals surface area (Å²) < 4.78 is 3.28. The van der Waals surface area contributed by atoms with Crippen molar-refractivity contribution in [2.45, 2.75) is 51.2 Å². The quantitative estimate of drug-likeness (QED) is 0.855. The Labute approximate surface area is 134 Å². The highest BCUT2D eigenvalue weighted by Crippen LogP contribution is 2.28. The van der Waals surface area contributed by atoms with E-state index in [0.29, 0.717) is 12.1 Å². The third-order valence-electron chi connectivity index (χ3n) is 4.30. The van der Waals surface area contributed by atoms with Crippen LogP contribution in [0.15, 0.2) is 41.0 Å². The van der Waals surface area contributed by atoms with Crippen LogP contribution in [0, 0.1) is 0 Å². The lowest BCUT2D eigenvalue weighted by Crippen LogP contribution is -2.18. The lowest BCUT2D eigenvalue weighted by molar-refractivity contribution is 0.458. The van der Waals surface area contributed by atoms with Crippen LogP contribution in [0.5, 0.6) is 0 Å². The van der Waals surface area contributed by atoms with Gasteiger partial charge >= 0.3 is 0 Å². The average Bonchev–Trinajstić information content (AvgIpc) is 3.15. The third kappa shape index (κ3) is 3.74. The Morgan fingerprint density at radius 1 is 1.33 bits per heavy atom. The minimum atomic E-state index is 0.319. The fourth-order valence-corrected chi connectivity index (χ4v) is 3.41. The molecule has 112 valence electrons. The van der Waals surface area contributed by atoms with Crippen molar-refractivity contribution in [3.05, 3.63) is 52.3 Å². The second kappa shape index (κ2) is 6.75. The van der Waals surface area contributed by atoms with E-state index in [1.807, 2.05) is 0 Å². The zero-order chi connectivity index (χ0) is 14.7. The first-order chi connectivity index (χ1) is 10.2. The summed E-state index contributed by atoms with van der Waals surface area (Å²) in [6, 6.07) is 11.5. The molecular formula is C17H22BrN3. The number of hydrogen-bond acceptors (Lipinski definition) is 2. The lowest BCUT2D eigenvalue weighted by Gasteiger charge is -2.14. The monoisotopic (exact) mass is 347 g/mol. The van der Waals surface area contributed by atoms with Crippen molar-refractivity contribution in [3.63, 3.8) is 0 Å². The predicted octanol–water partition coefficient (Wildman–Crippen LogP) is 4.61. The Balaban J connectivity index is 1.57. The van der Waals surface area contributed by atoms with Gasteiger partial charge in [-0.05, 0) is 43.5 Å². The molecular weight excluding hydrogens is 326 g/mol. The van der Waals surface area contributed by atoms with E-state index < -0.39 is 0 Å². The van der Waals surface area contributed by atoms with Gasteiger partial charge < -0.3 is 5.32 Å². The number of hydrogen-bond donors (Lipinski definition) is 1. The minimum absolute atomic E-state index is 0.319. The van der Waals surface area contributed by atoms with Crippen LogP contribution in [0.1, 0.15) is 55.9 Å². The van der Waals surface area contributed by atoms with Crippen molar-refractivity contribution < 1.29 is 0 Å². The molecule has 0 bridgehead atoms.